The van der Waals surface area contributed by atoms with Crippen molar-refractivity contribution in [2.75, 3.05) is 20.1 Å². The Labute approximate surface area is 106 Å². The SMILES string of the molecule is CC.CCCC.CCCC[NH+](C)CCCC. The van der Waals surface area contributed by atoms with Crippen molar-refractivity contribution in [2.45, 2.75) is 80.1 Å². The van der Waals surface area contributed by atoms with Gasteiger partial charge in [0.05, 0.1) is 20.1 Å². The van der Waals surface area contributed by atoms with Gasteiger partial charge in [0, 0.05) is 0 Å². The van der Waals surface area contributed by atoms with Crippen molar-refractivity contribution in [2.24, 2.45) is 0 Å². The van der Waals surface area contributed by atoms with Crippen LogP contribution in [0.4, 0.5) is 0 Å². The number of hydrogen-bond donors (Lipinski definition) is 1. The van der Waals surface area contributed by atoms with Crippen LogP contribution in [0.15, 0.2) is 0 Å². The number of hydrogen-bond acceptors (Lipinski definition) is 0. The zero-order valence-corrected chi connectivity index (χ0v) is 13.2. The lowest BCUT2D eigenvalue weighted by molar-refractivity contribution is -0.880. The first-order chi connectivity index (χ1) is 7.72. The van der Waals surface area contributed by atoms with Crippen molar-refractivity contribution >= 4 is 0 Å². The third kappa shape index (κ3) is 29.2. The van der Waals surface area contributed by atoms with E-state index in [9.17, 15) is 0 Å². The molecule has 1 heteroatoms. The molecule has 0 saturated heterocycles. The van der Waals surface area contributed by atoms with Crippen LogP contribution in [0, 0.1) is 0 Å². The summed E-state index contributed by atoms with van der Waals surface area (Å²) >= 11 is 0. The van der Waals surface area contributed by atoms with Gasteiger partial charge in [0.1, 0.15) is 0 Å². The maximum Gasteiger partial charge on any atom is 0.0768 e. The van der Waals surface area contributed by atoms with Crippen LogP contribution >= 0.6 is 0 Å². The molecule has 0 rings (SSSR count). The van der Waals surface area contributed by atoms with Crippen molar-refractivity contribution in [1.29, 1.82) is 0 Å². The predicted molar refractivity (Wildman–Crippen MR) is 78.4 cm³/mol. The Balaban J connectivity index is -0.000000237. The second-order valence-corrected chi connectivity index (χ2v) is 4.16. The van der Waals surface area contributed by atoms with E-state index in [1.165, 1.54) is 51.6 Å². The lowest BCUT2D eigenvalue weighted by Crippen LogP contribution is -3.08. The fraction of sp³-hybridized carbons (Fsp3) is 1.00. The van der Waals surface area contributed by atoms with Crippen LogP contribution in [0.25, 0.3) is 0 Å². The Morgan fingerprint density at radius 1 is 0.625 bits per heavy atom. The lowest BCUT2D eigenvalue weighted by atomic mass is 10.3. The third-order valence-electron chi connectivity index (χ3n) is 2.41. The molecule has 0 aliphatic carbocycles. The molecule has 0 atom stereocenters. The Kier molecular flexibility index (Phi) is 32.3. The highest BCUT2D eigenvalue weighted by molar-refractivity contribution is 4.31. The van der Waals surface area contributed by atoms with Gasteiger partial charge in [-0.15, -0.1) is 0 Å². The van der Waals surface area contributed by atoms with Crippen LogP contribution in [0.1, 0.15) is 80.1 Å². The predicted octanol–water partition coefficient (Wildman–Crippen LogP) is 3.93. The molecule has 0 aromatic rings. The molecule has 0 aromatic carbocycles. The summed E-state index contributed by atoms with van der Waals surface area (Å²) in [4.78, 5) is 1.70. The zero-order valence-electron chi connectivity index (χ0n) is 13.2. The molecule has 0 saturated carbocycles. The van der Waals surface area contributed by atoms with Gasteiger partial charge >= 0.3 is 0 Å². The Morgan fingerprint density at radius 2 is 0.938 bits per heavy atom. The topological polar surface area (TPSA) is 4.44 Å². The van der Waals surface area contributed by atoms with Crippen molar-refractivity contribution in [3.05, 3.63) is 0 Å². The van der Waals surface area contributed by atoms with Crippen LogP contribution in [0.5, 0.6) is 0 Å². The molecule has 0 amide bonds. The van der Waals surface area contributed by atoms with Gasteiger partial charge < -0.3 is 4.90 Å². The maximum absolute atomic E-state index is 2.30. The monoisotopic (exact) mass is 232 g/mol. The molecular formula is C15H38N+. The second kappa shape index (κ2) is 24.3. The second-order valence-electron chi connectivity index (χ2n) is 4.16. The molecular weight excluding hydrogens is 194 g/mol. The van der Waals surface area contributed by atoms with Crippen LogP contribution in [-0.4, -0.2) is 20.1 Å². The summed E-state index contributed by atoms with van der Waals surface area (Å²) < 4.78 is 0. The molecule has 0 spiro atoms. The molecule has 0 radical (unpaired) electrons. The van der Waals surface area contributed by atoms with Gasteiger partial charge in [0.2, 0.25) is 0 Å². The van der Waals surface area contributed by atoms with Gasteiger partial charge in [-0.1, -0.05) is 67.2 Å². The molecule has 102 valence electrons. The van der Waals surface area contributed by atoms with Crippen molar-refractivity contribution in [1.82, 2.24) is 0 Å². The lowest BCUT2D eigenvalue weighted by Gasteiger charge is -2.11. The largest absolute Gasteiger partial charge is 0.337 e. The number of rotatable bonds is 7. The van der Waals surface area contributed by atoms with E-state index in [0.29, 0.717) is 0 Å². The fourth-order valence-electron chi connectivity index (χ4n) is 1.08. The van der Waals surface area contributed by atoms with Crippen LogP contribution in [-0.2, 0) is 0 Å². The van der Waals surface area contributed by atoms with E-state index in [0.717, 1.165) is 0 Å². The number of unbranched alkanes of at least 4 members (excludes halogenated alkanes) is 3. The van der Waals surface area contributed by atoms with Crippen LogP contribution in [0.2, 0.25) is 0 Å². The standard InChI is InChI=1S/C9H21N.C4H10.C2H6/c1-4-6-8-10(3)9-7-5-2;1-3-4-2;1-2/h4-9H2,1-3H3;3-4H2,1-2H3;1-2H3/p+1. The Bertz CT molecular complexity index is 71.5. The Hall–Kier alpha value is -0.0400. The van der Waals surface area contributed by atoms with E-state index < -0.39 is 0 Å². The van der Waals surface area contributed by atoms with Crippen LogP contribution in [0.3, 0.4) is 0 Å². The average Bonchev–Trinajstić information content (AvgIpc) is 2.36. The first-order valence-corrected chi connectivity index (χ1v) is 7.54. The maximum atomic E-state index is 2.30. The van der Waals surface area contributed by atoms with E-state index in [2.05, 4.69) is 34.7 Å². The number of quaternary nitrogens is 1. The molecule has 0 heterocycles. The molecule has 16 heavy (non-hydrogen) atoms. The van der Waals surface area contributed by atoms with Gasteiger partial charge in [-0.25, -0.2) is 0 Å². The van der Waals surface area contributed by atoms with Gasteiger partial charge in [0.25, 0.3) is 0 Å². The molecule has 0 bridgehead atoms. The summed E-state index contributed by atoms with van der Waals surface area (Å²) in [7, 11) is 2.30. The van der Waals surface area contributed by atoms with E-state index in [1.54, 1.807) is 4.90 Å². The van der Waals surface area contributed by atoms with Crippen molar-refractivity contribution in [3.63, 3.8) is 0 Å². The highest BCUT2D eigenvalue weighted by atomic mass is 15.1. The minimum Gasteiger partial charge on any atom is -0.337 e. The van der Waals surface area contributed by atoms with E-state index >= 15 is 0 Å². The minimum absolute atomic E-state index is 1.32. The number of nitrogens with one attached hydrogen (secondary N) is 1. The third-order valence-corrected chi connectivity index (χ3v) is 2.41. The zero-order chi connectivity index (χ0) is 13.2. The van der Waals surface area contributed by atoms with E-state index in [1.807, 2.05) is 13.8 Å². The molecule has 0 fully saturated rings. The van der Waals surface area contributed by atoms with Crippen molar-refractivity contribution < 1.29 is 4.90 Å². The van der Waals surface area contributed by atoms with Gasteiger partial charge in [-0.2, -0.15) is 0 Å². The molecule has 0 aromatic heterocycles. The summed E-state index contributed by atoms with van der Waals surface area (Å²) in [5, 5.41) is 0. The quantitative estimate of drug-likeness (QED) is 0.678. The smallest absolute Gasteiger partial charge is 0.0768 e. The molecule has 1 N–H and O–H groups in total. The first kappa shape index (κ1) is 21.3. The molecule has 1 nitrogen and oxygen atoms in total. The molecule has 0 aliphatic rings. The average molecular weight is 232 g/mol. The summed E-state index contributed by atoms with van der Waals surface area (Å²) in [6, 6.07) is 0. The minimum atomic E-state index is 1.32. The summed E-state index contributed by atoms with van der Waals surface area (Å²) in [6.07, 6.45) is 8.08. The molecule has 0 aliphatic heterocycles. The highest BCUT2D eigenvalue weighted by Gasteiger charge is 1.97. The highest BCUT2D eigenvalue weighted by Crippen LogP contribution is 1.81. The normalized spacial score (nSPS) is 9.00. The summed E-state index contributed by atoms with van der Waals surface area (Å²) in [6.45, 7) is 15.6. The van der Waals surface area contributed by atoms with E-state index in [-0.39, 0.29) is 0 Å². The Morgan fingerprint density at radius 3 is 1.12 bits per heavy atom. The van der Waals surface area contributed by atoms with Gasteiger partial charge in [0.15, 0.2) is 0 Å². The van der Waals surface area contributed by atoms with Gasteiger partial charge in [-0.3, -0.25) is 0 Å². The van der Waals surface area contributed by atoms with Gasteiger partial charge in [-0.05, 0) is 12.8 Å². The fourth-order valence-corrected chi connectivity index (χ4v) is 1.08. The molecule has 0 unspecified atom stereocenters. The van der Waals surface area contributed by atoms with Crippen molar-refractivity contribution in [3.8, 4) is 0 Å². The summed E-state index contributed by atoms with van der Waals surface area (Å²) in [5.41, 5.74) is 0. The van der Waals surface area contributed by atoms with E-state index in [4.69, 9.17) is 0 Å². The summed E-state index contributed by atoms with van der Waals surface area (Å²) in [5.74, 6) is 0. The first-order valence-electron chi connectivity index (χ1n) is 7.54. The van der Waals surface area contributed by atoms with Crippen LogP contribution < -0.4 is 4.90 Å².